The zero-order chi connectivity index (χ0) is 18.0. The van der Waals surface area contributed by atoms with E-state index in [4.69, 9.17) is 4.74 Å². The van der Waals surface area contributed by atoms with Gasteiger partial charge in [0.2, 0.25) is 0 Å². The average Bonchev–Trinajstić information content (AvgIpc) is 2.86. The molecule has 0 aliphatic carbocycles. The van der Waals surface area contributed by atoms with Gasteiger partial charge in [0.05, 0.1) is 37.6 Å². The van der Waals surface area contributed by atoms with Crippen LogP contribution >= 0.6 is 0 Å². The maximum Gasteiger partial charge on any atom is 0.328 e. The van der Waals surface area contributed by atoms with Crippen LogP contribution in [0.25, 0.3) is 0 Å². The van der Waals surface area contributed by atoms with Gasteiger partial charge in [-0.25, -0.2) is 4.79 Å². The molecule has 0 saturated carbocycles. The molecule has 3 rings (SSSR count). The first-order valence-corrected chi connectivity index (χ1v) is 8.42. The molecular formula is C18H22N4O3. The SMILES string of the molecule is CC1CN(CN2CC(=O)N(Cc3ccccc3C#N)C2=O)C(C)CO1. The van der Waals surface area contributed by atoms with Gasteiger partial charge in [0.1, 0.15) is 6.54 Å². The summed E-state index contributed by atoms with van der Waals surface area (Å²) in [5.41, 5.74) is 1.17. The minimum atomic E-state index is -0.302. The molecule has 132 valence electrons. The summed E-state index contributed by atoms with van der Waals surface area (Å²) in [6.45, 7) is 6.03. The highest BCUT2D eigenvalue weighted by atomic mass is 16.5. The Morgan fingerprint density at radius 3 is 2.80 bits per heavy atom. The van der Waals surface area contributed by atoms with E-state index in [2.05, 4.69) is 17.9 Å². The van der Waals surface area contributed by atoms with E-state index in [0.717, 1.165) is 6.54 Å². The molecule has 7 heteroatoms. The van der Waals surface area contributed by atoms with Crippen molar-refractivity contribution in [3.05, 3.63) is 35.4 Å². The number of hydrogen-bond acceptors (Lipinski definition) is 5. The van der Waals surface area contributed by atoms with E-state index in [1.54, 1.807) is 29.2 Å². The molecule has 0 radical (unpaired) electrons. The molecule has 3 amide bonds. The lowest BCUT2D eigenvalue weighted by Crippen LogP contribution is -2.52. The van der Waals surface area contributed by atoms with Gasteiger partial charge in [-0.3, -0.25) is 14.6 Å². The minimum Gasteiger partial charge on any atom is -0.376 e. The van der Waals surface area contributed by atoms with Gasteiger partial charge in [-0.05, 0) is 25.5 Å². The van der Waals surface area contributed by atoms with E-state index < -0.39 is 0 Å². The van der Waals surface area contributed by atoms with Crippen molar-refractivity contribution in [1.82, 2.24) is 14.7 Å². The van der Waals surface area contributed by atoms with Crippen LogP contribution in [0, 0.1) is 11.3 Å². The highest BCUT2D eigenvalue weighted by molar-refractivity contribution is 6.01. The summed E-state index contributed by atoms with van der Waals surface area (Å²) in [5, 5.41) is 9.18. The van der Waals surface area contributed by atoms with Crippen molar-refractivity contribution in [2.45, 2.75) is 32.5 Å². The molecule has 2 unspecified atom stereocenters. The van der Waals surface area contributed by atoms with E-state index in [9.17, 15) is 14.9 Å². The zero-order valence-corrected chi connectivity index (χ0v) is 14.5. The van der Waals surface area contributed by atoms with Crippen LogP contribution in [0.5, 0.6) is 0 Å². The lowest BCUT2D eigenvalue weighted by atomic mass is 10.1. The van der Waals surface area contributed by atoms with Gasteiger partial charge >= 0.3 is 6.03 Å². The highest BCUT2D eigenvalue weighted by Gasteiger charge is 2.38. The second-order valence-corrected chi connectivity index (χ2v) is 6.64. The number of hydrogen-bond donors (Lipinski definition) is 0. The third kappa shape index (κ3) is 3.65. The number of imide groups is 1. The number of morpholine rings is 1. The fourth-order valence-corrected chi connectivity index (χ4v) is 3.19. The molecule has 7 nitrogen and oxygen atoms in total. The molecule has 0 aromatic heterocycles. The number of nitrogens with zero attached hydrogens (tertiary/aromatic N) is 4. The van der Waals surface area contributed by atoms with Crippen molar-refractivity contribution in [3.8, 4) is 6.07 Å². The molecule has 2 saturated heterocycles. The summed E-state index contributed by atoms with van der Waals surface area (Å²) in [5.74, 6) is -0.230. The number of amides is 3. The Hall–Kier alpha value is -2.43. The van der Waals surface area contributed by atoms with E-state index >= 15 is 0 Å². The van der Waals surface area contributed by atoms with Crippen LogP contribution in [0.4, 0.5) is 4.79 Å². The third-order valence-corrected chi connectivity index (χ3v) is 4.68. The maximum atomic E-state index is 12.7. The molecule has 2 aliphatic heterocycles. The zero-order valence-electron chi connectivity index (χ0n) is 14.5. The van der Waals surface area contributed by atoms with Gasteiger partial charge in [-0.15, -0.1) is 0 Å². The van der Waals surface area contributed by atoms with Gasteiger partial charge in [0.15, 0.2) is 0 Å². The Morgan fingerprint density at radius 1 is 1.28 bits per heavy atom. The molecule has 1 aromatic rings. The topological polar surface area (TPSA) is 76.9 Å². The lowest BCUT2D eigenvalue weighted by molar-refractivity contribution is -0.126. The van der Waals surface area contributed by atoms with E-state index in [0.29, 0.717) is 24.4 Å². The molecule has 2 heterocycles. The predicted molar refractivity (Wildman–Crippen MR) is 90.3 cm³/mol. The monoisotopic (exact) mass is 342 g/mol. The fraction of sp³-hybridized carbons (Fsp3) is 0.500. The first-order valence-electron chi connectivity index (χ1n) is 8.42. The van der Waals surface area contributed by atoms with Gasteiger partial charge in [0, 0.05) is 12.6 Å². The average molecular weight is 342 g/mol. The largest absolute Gasteiger partial charge is 0.376 e. The van der Waals surface area contributed by atoms with Crippen LogP contribution in [0.1, 0.15) is 25.0 Å². The van der Waals surface area contributed by atoms with E-state index in [1.807, 2.05) is 6.92 Å². The molecular weight excluding hydrogens is 320 g/mol. The summed E-state index contributed by atoms with van der Waals surface area (Å²) >= 11 is 0. The summed E-state index contributed by atoms with van der Waals surface area (Å²) in [4.78, 5) is 29.9. The molecule has 2 atom stereocenters. The van der Waals surface area contributed by atoms with Crippen LogP contribution < -0.4 is 0 Å². The van der Waals surface area contributed by atoms with Crippen LogP contribution in [0.3, 0.4) is 0 Å². The molecule has 0 bridgehead atoms. The second kappa shape index (κ2) is 7.21. The Morgan fingerprint density at radius 2 is 2.04 bits per heavy atom. The Bertz CT molecular complexity index is 715. The van der Waals surface area contributed by atoms with Crippen LogP contribution in [-0.2, 0) is 16.1 Å². The van der Waals surface area contributed by atoms with Crippen molar-refractivity contribution in [1.29, 1.82) is 5.26 Å². The normalized spacial score (nSPS) is 24.7. The number of carbonyl (C=O) groups excluding carboxylic acids is 2. The lowest BCUT2D eigenvalue weighted by Gasteiger charge is -2.38. The molecule has 2 aliphatic rings. The smallest absolute Gasteiger partial charge is 0.328 e. The summed E-state index contributed by atoms with van der Waals surface area (Å²) in [6, 6.07) is 9.03. The minimum absolute atomic E-state index is 0.0754. The van der Waals surface area contributed by atoms with Gasteiger partial charge in [-0.1, -0.05) is 18.2 Å². The first kappa shape index (κ1) is 17.4. The molecule has 2 fully saturated rings. The molecule has 0 spiro atoms. The van der Waals surface area contributed by atoms with Crippen molar-refractivity contribution in [3.63, 3.8) is 0 Å². The molecule has 1 aromatic carbocycles. The van der Waals surface area contributed by atoms with E-state index in [-0.39, 0.29) is 37.2 Å². The van der Waals surface area contributed by atoms with Crippen molar-refractivity contribution in [2.75, 3.05) is 26.4 Å². The third-order valence-electron chi connectivity index (χ3n) is 4.68. The predicted octanol–water partition coefficient (Wildman–Crippen LogP) is 1.39. The summed E-state index contributed by atoms with van der Waals surface area (Å²) in [7, 11) is 0. The Balaban J connectivity index is 1.69. The second-order valence-electron chi connectivity index (χ2n) is 6.64. The van der Waals surface area contributed by atoms with Crippen LogP contribution in [-0.4, -0.2) is 65.1 Å². The van der Waals surface area contributed by atoms with Gasteiger partial charge in [0.25, 0.3) is 5.91 Å². The Kier molecular flexibility index (Phi) is 5.02. The number of ether oxygens (including phenoxy) is 1. The summed E-state index contributed by atoms with van der Waals surface area (Å²) < 4.78 is 5.61. The number of urea groups is 1. The van der Waals surface area contributed by atoms with Crippen molar-refractivity contribution >= 4 is 11.9 Å². The van der Waals surface area contributed by atoms with E-state index in [1.165, 1.54) is 4.90 Å². The first-order chi connectivity index (χ1) is 12.0. The summed E-state index contributed by atoms with van der Waals surface area (Å²) in [6.07, 6.45) is 0.114. The van der Waals surface area contributed by atoms with Gasteiger partial charge < -0.3 is 9.64 Å². The standard InChI is InChI=1S/C18H22N4O3/c1-13-11-25-14(2)8-20(13)12-21-10-17(23)22(18(21)24)9-16-6-4-3-5-15(16)7-19/h3-6,13-14H,8-12H2,1-2H3. The fourth-order valence-electron chi connectivity index (χ4n) is 3.19. The van der Waals surface area contributed by atoms with Crippen molar-refractivity contribution < 1.29 is 14.3 Å². The van der Waals surface area contributed by atoms with Crippen LogP contribution in [0.15, 0.2) is 24.3 Å². The Labute approximate surface area is 147 Å². The van der Waals surface area contributed by atoms with Crippen molar-refractivity contribution in [2.24, 2.45) is 0 Å². The van der Waals surface area contributed by atoms with Gasteiger partial charge in [-0.2, -0.15) is 5.26 Å². The number of rotatable bonds is 4. The van der Waals surface area contributed by atoms with Crippen LogP contribution in [0.2, 0.25) is 0 Å². The highest BCUT2D eigenvalue weighted by Crippen LogP contribution is 2.19. The number of nitriles is 1. The molecule has 0 N–H and O–H groups in total. The molecule has 25 heavy (non-hydrogen) atoms. The number of carbonyl (C=O) groups is 2. The number of benzene rings is 1. The maximum absolute atomic E-state index is 12.7. The quantitative estimate of drug-likeness (QED) is 0.773.